The van der Waals surface area contributed by atoms with E-state index in [-0.39, 0.29) is 17.3 Å². The van der Waals surface area contributed by atoms with Crippen LogP contribution in [-0.4, -0.2) is 15.5 Å². The molecule has 0 atom stereocenters. The van der Waals surface area contributed by atoms with Gasteiger partial charge in [0.2, 0.25) is 0 Å². The van der Waals surface area contributed by atoms with Gasteiger partial charge in [0.25, 0.3) is 5.91 Å². The van der Waals surface area contributed by atoms with E-state index in [2.05, 4.69) is 4.98 Å². The van der Waals surface area contributed by atoms with Crippen LogP contribution in [0.15, 0.2) is 35.5 Å². The molecule has 2 N–H and O–H groups in total. The molecule has 0 aliphatic heterocycles. The first kappa shape index (κ1) is 13.9. The molecule has 0 fully saturated rings. The molecule has 0 aliphatic rings. The fourth-order valence-electron chi connectivity index (χ4n) is 2.05. The number of amides is 1. The summed E-state index contributed by atoms with van der Waals surface area (Å²) in [6, 6.07) is 2.45. The molecular formula is C14H14FN3O2. The molecule has 2 aromatic rings. The maximum Gasteiger partial charge on any atom is 0.254 e. The zero-order valence-corrected chi connectivity index (χ0v) is 11.1. The van der Waals surface area contributed by atoms with E-state index in [1.54, 1.807) is 10.8 Å². The lowest BCUT2D eigenvalue weighted by Crippen LogP contribution is -2.26. The van der Waals surface area contributed by atoms with Crippen LogP contribution in [0.25, 0.3) is 11.3 Å². The van der Waals surface area contributed by atoms with Crippen molar-refractivity contribution in [3.8, 4) is 11.3 Å². The minimum atomic E-state index is -0.843. The monoisotopic (exact) mass is 275 g/mol. The summed E-state index contributed by atoms with van der Waals surface area (Å²) in [5, 5.41) is 0. The maximum absolute atomic E-state index is 13.4. The first-order valence-corrected chi connectivity index (χ1v) is 6.07. The van der Waals surface area contributed by atoms with Gasteiger partial charge in [0.05, 0.1) is 11.9 Å². The molecular weight excluding hydrogens is 261 g/mol. The number of rotatable bonds is 3. The maximum atomic E-state index is 13.4. The number of aromatic nitrogens is 2. The molecule has 5 nitrogen and oxygen atoms in total. The van der Waals surface area contributed by atoms with Crippen molar-refractivity contribution in [2.24, 2.45) is 5.73 Å². The number of primary amides is 1. The first-order chi connectivity index (χ1) is 9.41. The van der Waals surface area contributed by atoms with Gasteiger partial charge in [0.15, 0.2) is 5.43 Å². The molecule has 20 heavy (non-hydrogen) atoms. The average molecular weight is 275 g/mol. The van der Waals surface area contributed by atoms with E-state index in [4.69, 9.17) is 5.73 Å². The molecule has 0 aromatic carbocycles. The summed E-state index contributed by atoms with van der Waals surface area (Å²) >= 11 is 0. The molecule has 0 unspecified atom stereocenters. The van der Waals surface area contributed by atoms with Gasteiger partial charge >= 0.3 is 0 Å². The van der Waals surface area contributed by atoms with Gasteiger partial charge in [0, 0.05) is 30.1 Å². The SMILES string of the molecule is CC(C)n1ccc(=O)c(C(N)=O)c1-c1cncc(F)c1. The number of hydrogen-bond acceptors (Lipinski definition) is 3. The quantitative estimate of drug-likeness (QED) is 0.926. The summed E-state index contributed by atoms with van der Waals surface area (Å²) in [5.41, 5.74) is 5.27. The van der Waals surface area contributed by atoms with Gasteiger partial charge in [-0.25, -0.2) is 4.39 Å². The highest BCUT2D eigenvalue weighted by Gasteiger charge is 2.19. The molecule has 6 heteroatoms. The van der Waals surface area contributed by atoms with E-state index in [0.29, 0.717) is 5.56 Å². The first-order valence-electron chi connectivity index (χ1n) is 6.07. The topological polar surface area (TPSA) is 78.0 Å². The van der Waals surface area contributed by atoms with Crippen molar-refractivity contribution in [3.05, 3.63) is 52.3 Å². The second-order valence-corrected chi connectivity index (χ2v) is 4.66. The van der Waals surface area contributed by atoms with Crippen molar-refractivity contribution in [3.63, 3.8) is 0 Å². The molecule has 0 radical (unpaired) electrons. The van der Waals surface area contributed by atoms with E-state index in [9.17, 15) is 14.0 Å². The lowest BCUT2D eigenvalue weighted by atomic mass is 10.0. The van der Waals surface area contributed by atoms with E-state index >= 15 is 0 Å². The molecule has 0 aliphatic carbocycles. The Morgan fingerprint density at radius 3 is 2.65 bits per heavy atom. The van der Waals surface area contributed by atoms with Crippen LogP contribution in [0.3, 0.4) is 0 Å². The second-order valence-electron chi connectivity index (χ2n) is 4.66. The molecule has 2 rings (SSSR count). The van der Waals surface area contributed by atoms with Crippen LogP contribution in [0.4, 0.5) is 4.39 Å². The van der Waals surface area contributed by atoms with Gasteiger partial charge in [-0.15, -0.1) is 0 Å². The molecule has 1 amide bonds. The highest BCUT2D eigenvalue weighted by Crippen LogP contribution is 2.24. The van der Waals surface area contributed by atoms with Crippen molar-refractivity contribution in [2.75, 3.05) is 0 Å². The predicted molar refractivity (Wildman–Crippen MR) is 72.8 cm³/mol. The fraction of sp³-hybridized carbons (Fsp3) is 0.214. The molecule has 0 saturated heterocycles. The smallest absolute Gasteiger partial charge is 0.254 e. The largest absolute Gasteiger partial charge is 0.365 e. The Bertz CT molecular complexity index is 723. The number of pyridine rings is 2. The summed E-state index contributed by atoms with van der Waals surface area (Å²) in [6.45, 7) is 3.76. The third kappa shape index (κ3) is 2.45. The van der Waals surface area contributed by atoms with Crippen LogP contribution in [0.2, 0.25) is 0 Å². The summed E-state index contributed by atoms with van der Waals surface area (Å²) in [5.74, 6) is -1.39. The Hall–Kier alpha value is -2.50. The Morgan fingerprint density at radius 1 is 1.40 bits per heavy atom. The molecule has 104 valence electrons. The Kier molecular flexibility index (Phi) is 3.65. The highest BCUT2D eigenvalue weighted by atomic mass is 19.1. The lowest BCUT2D eigenvalue weighted by molar-refractivity contribution is 0.0999. The lowest BCUT2D eigenvalue weighted by Gasteiger charge is -2.19. The third-order valence-electron chi connectivity index (χ3n) is 2.91. The number of carbonyl (C=O) groups is 1. The zero-order valence-electron chi connectivity index (χ0n) is 11.1. The number of hydrogen-bond donors (Lipinski definition) is 1. The third-order valence-corrected chi connectivity index (χ3v) is 2.91. The van der Waals surface area contributed by atoms with Crippen molar-refractivity contribution in [1.82, 2.24) is 9.55 Å². The Labute approximate surface area is 114 Å². The fourth-order valence-corrected chi connectivity index (χ4v) is 2.05. The average Bonchev–Trinajstić information content (AvgIpc) is 2.37. The number of nitrogens with two attached hydrogens (primary N) is 1. The Balaban J connectivity index is 2.87. The van der Waals surface area contributed by atoms with Crippen molar-refractivity contribution in [2.45, 2.75) is 19.9 Å². The molecule has 0 saturated carbocycles. The zero-order chi connectivity index (χ0) is 14.9. The van der Waals surface area contributed by atoms with E-state index in [0.717, 1.165) is 6.20 Å². The van der Waals surface area contributed by atoms with Gasteiger partial charge in [-0.05, 0) is 19.9 Å². The van der Waals surface area contributed by atoms with Crippen LogP contribution in [0, 0.1) is 5.82 Å². The normalized spacial score (nSPS) is 10.8. The molecule has 2 heterocycles. The minimum Gasteiger partial charge on any atom is -0.365 e. The van der Waals surface area contributed by atoms with Gasteiger partial charge in [-0.2, -0.15) is 0 Å². The summed E-state index contributed by atoms with van der Waals surface area (Å²) in [7, 11) is 0. The molecule has 2 aromatic heterocycles. The van der Waals surface area contributed by atoms with Gasteiger partial charge < -0.3 is 10.3 Å². The predicted octanol–water partition coefficient (Wildman–Crippen LogP) is 1.73. The number of carbonyl (C=O) groups excluding carboxylic acids is 1. The Morgan fingerprint density at radius 2 is 2.10 bits per heavy atom. The van der Waals surface area contributed by atoms with Crippen molar-refractivity contribution >= 4 is 5.91 Å². The highest BCUT2D eigenvalue weighted by molar-refractivity contribution is 5.98. The van der Waals surface area contributed by atoms with Crippen molar-refractivity contribution in [1.29, 1.82) is 0 Å². The van der Waals surface area contributed by atoms with E-state index in [1.165, 1.54) is 18.3 Å². The van der Waals surface area contributed by atoms with E-state index < -0.39 is 17.2 Å². The second kappa shape index (κ2) is 5.24. The summed E-state index contributed by atoms with van der Waals surface area (Å²) < 4.78 is 15.0. The van der Waals surface area contributed by atoms with Crippen LogP contribution < -0.4 is 11.2 Å². The summed E-state index contributed by atoms with van der Waals surface area (Å²) in [4.78, 5) is 27.2. The van der Waals surface area contributed by atoms with Gasteiger partial charge in [-0.1, -0.05) is 0 Å². The number of halogens is 1. The molecule has 0 spiro atoms. The van der Waals surface area contributed by atoms with Gasteiger partial charge in [0.1, 0.15) is 11.4 Å². The van der Waals surface area contributed by atoms with Gasteiger partial charge in [-0.3, -0.25) is 14.6 Å². The van der Waals surface area contributed by atoms with E-state index in [1.807, 2.05) is 13.8 Å². The molecule has 0 bridgehead atoms. The van der Waals surface area contributed by atoms with Crippen LogP contribution >= 0.6 is 0 Å². The minimum absolute atomic E-state index is 0.0352. The van der Waals surface area contributed by atoms with Crippen molar-refractivity contribution < 1.29 is 9.18 Å². The van der Waals surface area contributed by atoms with Crippen LogP contribution in [-0.2, 0) is 0 Å². The summed E-state index contributed by atoms with van der Waals surface area (Å²) in [6.07, 6.45) is 4.00. The van der Waals surface area contributed by atoms with Crippen LogP contribution in [0.1, 0.15) is 30.2 Å². The van der Waals surface area contributed by atoms with Crippen LogP contribution in [0.5, 0.6) is 0 Å². The standard InChI is InChI=1S/C14H14FN3O2/c1-8(2)18-4-3-11(19)12(14(16)20)13(18)9-5-10(15)7-17-6-9/h3-8H,1-2H3,(H2,16,20). The number of nitrogens with zero attached hydrogens (tertiary/aromatic N) is 2.